The smallest absolute Gasteiger partial charge is 0.251 e. The molecular weight excluding hydrogens is 322 g/mol. The van der Waals surface area contributed by atoms with E-state index < -0.39 is 0 Å². The van der Waals surface area contributed by atoms with Crippen molar-refractivity contribution in [2.45, 2.75) is 26.2 Å². The number of nitrogens with zero attached hydrogens (tertiary/aromatic N) is 1. The van der Waals surface area contributed by atoms with Crippen molar-refractivity contribution in [3.05, 3.63) is 34.2 Å². The van der Waals surface area contributed by atoms with Gasteiger partial charge in [0, 0.05) is 17.5 Å². The van der Waals surface area contributed by atoms with Gasteiger partial charge < -0.3 is 15.0 Å². The zero-order valence-electron chi connectivity index (χ0n) is 14.1. The monoisotopic (exact) mass is 341 g/mol. The standard InChI is InChI=1S/C18H19N3O2S/c1-9-7-24-17(23-4)14(9)15-20-12-5-10-11(6-13(12)21-15)18(2,3)8-19-16(10)22/h5-7H,8H2,1-4H3,(H,19,22)(H,20,21). The van der Waals surface area contributed by atoms with Crippen molar-refractivity contribution < 1.29 is 9.53 Å². The van der Waals surface area contributed by atoms with Crippen LogP contribution in [0, 0.1) is 6.92 Å². The summed E-state index contributed by atoms with van der Waals surface area (Å²) in [5, 5.41) is 5.86. The first-order valence-corrected chi connectivity index (χ1v) is 8.73. The summed E-state index contributed by atoms with van der Waals surface area (Å²) in [5.74, 6) is 0.751. The van der Waals surface area contributed by atoms with E-state index in [4.69, 9.17) is 9.72 Å². The Labute approximate surface area is 144 Å². The predicted molar refractivity (Wildman–Crippen MR) is 96.1 cm³/mol. The summed E-state index contributed by atoms with van der Waals surface area (Å²) in [6, 6.07) is 3.95. The van der Waals surface area contributed by atoms with Crippen LogP contribution in [0.5, 0.6) is 5.06 Å². The largest absolute Gasteiger partial charge is 0.487 e. The molecule has 0 radical (unpaired) electrons. The molecule has 0 bridgehead atoms. The molecule has 0 atom stereocenters. The third kappa shape index (κ3) is 2.13. The van der Waals surface area contributed by atoms with E-state index in [0.717, 1.165) is 38.6 Å². The number of aromatic amines is 1. The average molecular weight is 341 g/mol. The Kier molecular flexibility index (Phi) is 3.22. The van der Waals surface area contributed by atoms with Crippen LogP contribution in [0.2, 0.25) is 0 Å². The highest BCUT2D eigenvalue weighted by Gasteiger charge is 2.32. The predicted octanol–water partition coefficient (Wildman–Crippen LogP) is 3.63. The number of H-pyrrole nitrogens is 1. The molecule has 1 aliphatic heterocycles. The molecule has 0 unspecified atom stereocenters. The van der Waals surface area contributed by atoms with Crippen molar-refractivity contribution in [3.8, 4) is 16.5 Å². The third-order valence-corrected chi connectivity index (χ3v) is 5.71. The van der Waals surface area contributed by atoms with Crippen molar-refractivity contribution >= 4 is 28.3 Å². The van der Waals surface area contributed by atoms with Gasteiger partial charge in [0.2, 0.25) is 0 Å². The molecule has 2 N–H and O–H groups in total. The molecular formula is C18H19N3O2S. The van der Waals surface area contributed by atoms with Gasteiger partial charge in [-0.15, -0.1) is 11.3 Å². The maximum Gasteiger partial charge on any atom is 0.251 e. The Morgan fingerprint density at radius 2 is 2.12 bits per heavy atom. The number of benzene rings is 1. The fourth-order valence-corrected chi connectivity index (χ4v) is 4.14. The van der Waals surface area contributed by atoms with Gasteiger partial charge in [-0.2, -0.15) is 0 Å². The van der Waals surface area contributed by atoms with Gasteiger partial charge in [0.25, 0.3) is 5.91 Å². The number of nitrogens with one attached hydrogen (secondary N) is 2. The van der Waals surface area contributed by atoms with Gasteiger partial charge in [0.1, 0.15) is 5.82 Å². The fourth-order valence-electron chi connectivity index (χ4n) is 3.27. The summed E-state index contributed by atoms with van der Waals surface area (Å²) < 4.78 is 5.46. The van der Waals surface area contributed by atoms with E-state index in [0.29, 0.717) is 12.1 Å². The minimum absolute atomic E-state index is 0.0277. The molecule has 1 amide bonds. The first-order valence-electron chi connectivity index (χ1n) is 7.85. The van der Waals surface area contributed by atoms with Crippen LogP contribution in [0.3, 0.4) is 0 Å². The summed E-state index contributed by atoms with van der Waals surface area (Å²) in [6.45, 7) is 6.97. The van der Waals surface area contributed by atoms with Crippen LogP contribution < -0.4 is 10.1 Å². The SMILES string of the molecule is COc1scc(C)c1-c1nc2cc3c(cc2[nH]1)C(C)(C)CNC3=O. The number of ether oxygens (including phenoxy) is 1. The van der Waals surface area contributed by atoms with E-state index in [2.05, 4.69) is 35.6 Å². The minimum Gasteiger partial charge on any atom is -0.487 e. The second-order valence-corrected chi connectivity index (χ2v) is 7.69. The highest BCUT2D eigenvalue weighted by atomic mass is 32.1. The second-order valence-electron chi connectivity index (χ2n) is 6.85. The van der Waals surface area contributed by atoms with Gasteiger partial charge in [-0.25, -0.2) is 4.98 Å². The number of fused-ring (bicyclic) bond motifs is 2. The Balaban J connectivity index is 1.94. The molecule has 1 aliphatic rings. The van der Waals surface area contributed by atoms with Crippen LogP contribution >= 0.6 is 11.3 Å². The van der Waals surface area contributed by atoms with Gasteiger partial charge >= 0.3 is 0 Å². The van der Waals surface area contributed by atoms with Crippen LogP contribution in [0.25, 0.3) is 22.4 Å². The van der Waals surface area contributed by atoms with Crippen LogP contribution in [0.15, 0.2) is 17.5 Å². The van der Waals surface area contributed by atoms with E-state index in [1.807, 2.05) is 13.0 Å². The minimum atomic E-state index is -0.0985. The fraction of sp³-hybridized carbons (Fsp3) is 0.333. The summed E-state index contributed by atoms with van der Waals surface area (Å²) in [6.07, 6.45) is 0. The highest BCUT2D eigenvalue weighted by Crippen LogP contribution is 2.39. The number of imidazole rings is 1. The molecule has 5 nitrogen and oxygen atoms in total. The van der Waals surface area contributed by atoms with Crippen molar-refractivity contribution in [2.75, 3.05) is 13.7 Å². The maximum atomic E-state index is 12.2. The van der Waals surface area contributed by atoms with Crippen LogP contribution in [-0.2, 0) is 5.41 Å². The lowest BCUT2D eigenvalue weighted by atomic mass is 9.79. The molecule has 0 fully saturated rings. The third-order valence-electron chi connectivity index (χ3n) is 4.65. The lowest BCUT2D eigenvalue weighted by molar-refractivity contribution is 0.0930. The van der Waals surface area contributed by atoms with Crippen molar-refractivity contribution in [1.29, 1.82) is 0 Å². The summed E-state index contributed by atoms with van der Waals surface area (Å²) in [7, 11) is 1.67. The molecule has 4 rings (SSSR count). The van der Waals surface area contributed by atoms with E-state index in [1.165, 1.54) is 0 Å². The van der Waals surface area contributed by atoms with Gasteiger partial charge in [0.05, 0.1) is 23.7 Å². The van der Waals surface area contributed by atoms with Gasteiger partial charge in [-0.1, -0.05) is 13.8 Å². The van der Waals surface area contributed by atoms with Crippen molar-refractivity contribution in [2.24, 2.45) is 0 Å². The molecule has 3 heterocycles. The number of methoxy groups -OCH3 is 1. The molecule has 0 spiro atoms. The number of aryl methyl sites for hydroxylation is 1. The van der Waals surface area contributed by atoms with Crippen molar-refractivity contribution in [3.63, 3.8) is 0 Å². The molecule has 0 saturated heterocycles. The van der Waals surface area contributed by atoms with Crippen molar-refractivity contribution in [1.82, 2.24) is 15.3 Å². The second kappa shape index (κ2) is 5.08. The molecule has 6 heteroatoms. The summed E-state index contributed by atoms with van der Waals surface area (Å²) in [4.78, 5) is 20.3. The Bertz CT molecular complexity index is 968. The molecule has 124 valence electrons. The van der Waals surface area contributed by atoms with Gasteiger partial charge in [0.15, 0.2) is 5.06 Å². The molecule has 0 aliphatic carbocycles. The summed E-state index contributed by atoms with van der Waals surface area (Å²) in [5.41, 5.74) is 5.52. The molecule has 0 saturated carbocycles. The van der Waals surface area contributed by atoms with E-state index in [-0.39, 0.29) is 11.3 Å². The first kappa shape index (κ1) is 15.2. The molecule has 2 aromatic heterocycles. The topological polar surface area (TPSA) is 67.0 Å². The number of thiophene rings is 1. The number of carbonyl (C=O) groups is 1. The number of amides is 1. The summed E-state index contributed by atoms with van der Waals surface area (Å²) >= 11 is 1.56. The Morgan fingerprint density at radius 1 is 1.33 bits per heavy atom. The average Bonchev–Trinajstić information content (AvgIpc) is 3.12. The number of hydrogen-bond donors (Lipinski definition) is 2. The first-order chi connectivity index (χ1) is 11.4. The highest BCUT2D eigenvalue weighted by molar-refractivity contribution is 7.12. The van der Waals surface area contributed by atoms with Crippen LogP contribution in [0.4, 0.5) is 0 Å². The number of aromatic nitrogens is 2. The zero-order chi connectivity index (χ0) is 17.1. The normalized spacial score (nSPS) is 16.1. The quantitative estimate of drug-likeness (QED) is 0.748. The molecule has 1 aromatic carbocycles. The Hall–Kier alpha value is -2.34. The lowest BCUT2D eigenvalue weighted by Gasteiger charge is -2.32. The van der Waals surface area contributed by atoms with Crippen LogP contribution in [-0.4, -0.2) is 29.5 Å². The van der Waals surface area contributed by atoms with E-state index in [1.54, 1.807) is 18.4 Å². The number of carbonyl (C=O) groups excluding carboxylic acids is 1. The van der Waals surface area contributed by atoms with Gasteiger partial charge in [-0.05, 0) is 35.6 Å². The number of rotatable bonds is 2. The zero-order valence-corrected chi connectivity index (χ0v) is 14.9. The van der Waals surface area contributed by atoms with E-state index in [9.17, 15) is 4.79 Å². The lowest BCUT2D eigenvalue weighted by Crippen LogP contribution is -2.43. The van der Waals surface area contributed by atoms with E-state index >= 15 is 0 Å². The van der Waals surface area contributed by atoms with Crippen LogP contribution in [0.1, 0.15) is 35.3 Å². The van der Waals surface area contributed by atoms with Gasteiger partial charge in [-0.3, -0.25) is 4.79 Å². The molecule has 24 heavy (non-hydrogen) atoms. The Morgan fingerprint density at radius 3 is 2.88 bits per heavy atom. The molecule has 3 aromatic rings. The number of hydrogen-bond acceptors (Lipinski definition) is 4. The maximum absolute atomic E-state index is 12.2.